The Labute approximate surface area is 155 Å². The molecule has 1 aliphatic carbocycles. The first-order valence-corrected chi connectivity index (χ1v) is 9.65. The number of hydrogen-bond donors (Lipinski definition) is 2. The number of nitrogens with one attached hydrogen (secondary N) is 2. The number of halogens is 1. The molecule has 2 amide bonds. The fourth-order valence-corrected chi connectivity index (χ4v) is 3.86. The van der Waals surface area contributed by atoms with Crippen molar-refractivity contribution in [2.24, 2.45) is 11.8 Å². The molecule has 0 aromatic heterocycles. The lowest BCUT2D eigenvalue weighted by Gasteiger charge is -2.36. The summed E-state index contributed by atoms with van der Waals surface area (Å²) in [5.41, 5.74) is 1.07. The maximum absolute atomic E-state index is 12.7. The van der Waals surface area contributed by atoms with Gasteiger partial charge in [0.15, 0.2) is 0 Å². The second kappa shape index (κ2) is 9.23. The van der Waals surface area contributed by atoms with Gasteiger partial charge in [-0.1, -0.05) is 50.4 Å². The Balaban J connectivity index is 2.06. The van der Waals surface area contributed by atoms with Crippen molar-refractivity contribution in [2.45, 2.75) is 65.0 Å². The zero-order chi connectivity index (χ0) is 18.4. The standard InChI is InChI=1S/C20H29ClN2O2/c1-4-7-14(5-2)19(15-8-6-9-17(21)10-15)23-20(25)16-11-18(12-16)22-13(3)24/h6,8-10,14,16,18-19H,4-5,7,11-12H2,1-3H3,(H,22,24)(H,23,25). The molecule has 138 valence electrons. The van der Waals surface area contributed by atoms with Gasteiger partial charge in [0.05, 0.1) is 6.04 Å². The average Bonchev–Trinajstić information content (AvgIpc) is 2.53. The van der Waals surface area contributed by atoms with Gasteiger partial charge in [0, 0.05) is 23.9 Å². The first kappa shape index (κ1) is 19.8. The Morgan fingerprint density at radius 1 is 1.28 bits per heavy atom. The summed E-state index contributed by atoms with van der Waals surface area (Å²) in [6.45, 7) is 5.85. The molecule has 1 saturated carbocycles. The van der Waals surface area contributed by atoms with E-state index in [-0.39, 0.29) is 29.8 Å². The maximum Gasteiger partial charge on any atom is 0.223 e. The molecule has 1 fully saturated rings. The second-order valence-corrected chi connectivity index (χ2v) is 7.50. The van der Waals surface area contributed by atoms with Gasteiger partial charge in [-0.05, 0) is 42.9 Å². The number of hydrogen-bond acceptors (Lipinski definition) is 2. The summed E-state index contributed by atoms with van der Waals surface area (Å²) in [4.78, 5) is 23.8. The van der Waals surface area contributed by atoms with Crippen LogP contribution in [0.15, 0.2) is 24.3 Å². The molecule has 0 radical (unpaired) electrons. The fourth-order valence-electron chi connectivity index (χ4n) is 3.66. The molecule has 0 aliphatic heterocycles. The zero-order valence-electron chi connectivity index (χ0n) is 15.3. The molecule has 2 N–H and O–H groups in total. The molecular formula is C20H29ClN2O2. The van der Waals surface area contributed by atoms with E-state index in [0.29, 0.717) is 10.9 Å². The summed E-state index contributed by atoms with van der Waals surface area (Å²) >= 11 is 6.17. The van der Waals surface area contributed by atoms with Crippen molar-refractivity contribution < 1.29 is 9.59 Å². The third kappa shape index (κ3) is 5.46. The number of amides is 2. The van der Waals surface area contributed by atoms with E-state index in [1.54, 1.807) is 0 Å². The minimum Gasteiger partial charge on any atom is -0.354 e. The van der Waals surface area contributed by atoms with E-state index in [1.165, 1.54) is 6.92 Å². The Bertz CT molecular complexity index is 599. The third-order valence-electron chi connectivity index (χ3n) is 5.08. The Hall–Kier alpha value is -1.55. The molecule has 2 rings (SSSR count). The van der Waals surface area contributed by atoms with Gasteiger partial charge in [-0.25, -0.2) is 0 Å². The van der Waals surface area contributed by atoms with Gasteiger partial charge in [0.2, 0.25) is 11.8 Å². The predicted molar refractivity (Wildman–Crippen MR) is 101 cm³/mol. The summed E-state index contributed by atoms with van der Waals surface area (Å²) in [6.07, 6.45) is 4.59. The van der Waals surface area contributed by atoms with Crippen LogP contribution in [0.5, 0.6) is 0 Å². The third-order valence-corrected chi connectivity index (χ3v) is 5.31. The highest BCUT2D eigenvalue weighted by Gasteiger charge is 2.36. The highest BCUT2D eigenvalue weighted by Crippen LogP contribution is 2.33. The lowest BCUT2D eigenvalue weighted by atomic mass is 9.78. The lowest BCUT2D eigenvalue weighted by Crippen LogP contribution is -2.50. The van der Waals surface area contributed by atoms with Crippen molar-refractivity contribution >= 4 is 23.4 Å². The highest BCUT2D eigenvalue weighted by atomic mass is 35.5. The van der Waals surface area contributed by atoms with E-state index in [4.69, 9.17) is 11.6 Å². The van der Waals surface area contributed by atoms with Crippen LogP contribution in [0.3, 0.4) is 0 Å². The van der Waals surface area contributed by atoms with Crippen molar-refractivity contribution in [1.29, 1.82) is 0 Å². The van der Waals surface area contributed by atoms with E-state index in [1.807, 2.05) is 24.3 Å². The van der Waals surface area contributed by atoms with Crippen LogP contribution in [0.25, 0.3) is 0 Å². The largest absolute Gasteiger partial charge is 0.354 e. The van der Waals surface area contributed by atoms with Crippen LogP contribution >= 0.6 is 11.6 Å². The summed E-state index contributed by atoms with van der Waals surface area (Å²) in [7, 11) is 0. The average molecular weight is 365 g/mol. The van der Waals surface area contributed by atoms with Crippen molar-refractivity contribution in [3.63, 3.8) is 0 Å². The molecule has 5 heteroatoms. The molecule has 1 aliphatic rings. The first-order chi connectivity index (χ1) is 11.9. The fraction of sp³-hybridized carbons (Fsp3) is 0.600. The van der Waals surface area contributed by atoms with E-state index >= 15 is 0 Å². The molecule has 0 bridgehead atoms. The predicted octanol–water partition coefficient (Wildman–Crippen LogP) is 4.24. The molecule has 25 heavy (non-hydrogen) atoms. The summed E-state index contributed by atoms with van der Waals surface area (Å²) < 4.78 is 0. The van der Waals surface area contributed by atoms with Crippen LogP contribution in [0.1, 0.15) is 64.5 Å². The van der Waals surface area contributed by atoms with Crippen LogP contribution in [-0.4, -0.2) is 17.9 Å². The van der Waals surface area contributed by atoms with Crippen LogP contribution < -0.4 is 10.6 Å². The molecule has 1 aromatic rings. The molecule has 0 saturated heterocycles. The van der Waals surface area contributed by atoms with E-state index in [9.17, 15) is 9.59 Å². The van der Waals surface area contributed by atoms with Gasteiger partial charge < -0.3 is 10.6 Å². The SMILES string of the molecule is CCCC(CC)C(NC(=O)C1CC(NC(C)=O)C1)c1cccc(Cl)c1. The quantitative estimate of drug-likeness (QED) is 0.724. The van der Waals surface area contributed by atoms with Crippen molar-refractivity contribution in [2.75, 3.05) is 0 Å². The molecule has 2 unspecified atom stereocenters. The summed E-state index contributed by atoms with van der Waals surface area (Å²) in [6, 6.07) is 7.90. The minimum atomic E-state index is -0.0327. The Kier molecular flexibility index (Phi) is 7.30. The number of benzene rings is 1. The second-order valence-electron chi connectivity index (χ2n) is 7.06. The lowest BCUT2D eigenvalue weighted by molar-refractivity contribution is -0.131. The normalized spacial score (nSPS) is 21.8. The van der Waals surface area contributed by atoms with E-state index < -0.39 is 0 Å². The number of rotatable bonds is 8. The minimum absolute atomic E-state index is 0.0160. The molecule has 0 spiro atoms. The van der Waals surface area contributed by atoms with E-state index in [0.717, 1.165) is 37.7 Å². The van der Waals surface area contributed by atoms with Crippen molar-refractivity contribution in [1.82, 2.24) is 10.6 Å². The number of carbonyl (C=O) groups excluding carboxylic acids is 2. The monoisotopic (exact) mass is 364 g/mol. The molecule has 1 aromatic carbocycles. The van der Waals surface area contributed by atoms with Gasteiger partial charge in [-0.3, -0.25) is 9.59 Å². The number of carbonyl (C=O) groups is 2. The summed E-state index contributed by atoms with van der Waals surface area (Å²) in [5, 5.41) is 6.83. The summed E-state index contributed by atoms with van der Waals surface area (Å²) in [5.74, 6) is 0.423. The molecular weight excluding hydrogens is 336 g/mol. The maximum atomic E-state index is 12.7. The molecule has 2 atom stereocenters. The van der Waals surface area contributed by atoms with Gasteiger partial charge >= 0.3 is 0 Å². The van der Waals surface area contributed by atoms with Crippen molar-refractivity contribution in [3.8, 4) is 0 Å². The Morgan fingerprint density at radius 3 is 2.56 bits per heavy atom. The van der Waals surface area contributed by atoms with Crippen molar-refractivity contribution in [3.05, 3.63) is 34.9 Å². The molecule has 0 heterocycles. The van der Waals surface area contributed by atoms with Gasteiger partial charge in [0.25, 0.3) is 0 Å². The van der Waals surface area contributed by atoms with Gasteiger partial charge in [-0.15, -0.1) is 0 Å². The Morgan fingerprint density at radius 2 is 2.00 bits per heavy atom. The van der Waals surface area contributed by atoms with Crippen LogP contribution in [0, 0.1) is 11.8 Å². The smallest absolute Gasteiger partial charge is 0.223 e. The van der Waals surface area contributed by atoms with Crippen LogP contribution in [0.4, 0.5) is 0 Å². The molecule has 4 nitrogen and oxygen atoms in total. The topological polar surface area (TPSA) is 58.2 Å². The van der Waals surface area contributed by atoms with Crippen LogP contribution in [0.2, 0.25) is 5.02 Å². The van der Waals surface area contributed by atoms with Gasteiger partial charge in [-0.2, -0.15) is 0 Å². The van der Waals surface area contributed by atoms with E-state index in [2.05, 4.69) is 24.5 Å². The first-order valence-electron chi connectivity index (χ1n) is 9.27. The van der Waals surface area contributed by atoms with Crippen LogP contribution in [-0.2, 0) is 9.59 Å². The zero-order valence-corrected chi connectivity index (χ0v) is 16.1. The van der Waals surface area contributed by atoms with Gasteiger partial charge in [0.1, 0.15) is 0 Å². The highest BCUT2D eigenvalue weighted by molar-refractivity contribution is 6.30.